The molecule has 0 bridgehead atoms. The van der Waals surface area contributed by atoms with Crippen molar-refractivity contribution in [1.29, 1.82) is 0 Å². The van der Waals surface area contributed by atoms with E-state index >= 15 is 0 Å². The number of esters is 2. The minimum atomic E-state index is -0.594. The lowest BCUT2D eigenvalue weighted by Crippen LogP contribution is -2.37. The number of hydrogen-bond donors (Lipinski definition) is 0. The highest BCUT2D eigenvalue weighted by atomic mass is 16.5. The van der Waals surface area contributed by atoms with E-state index in [0.29, 0.717) is 18.0 Å². The smallest absolute Gasteiger partial charge is 0.344 e. The van der Waals surface area contributed by atoms with Gasteiger partial charge in [0.1, 0.15) is 11.5 Å². The molecule has 0 spiro atoms. The molecule has 0 N–H and O–H groups in total. The number of likely N-dealkylation sites (N-methyl/N-ethyl adjacent to an activating group) is 1. The second-order valence-corrected chi connectivity index (χ2v) is 8.09. The highest BCUT2D eigenvalue weighted by Gasteiger charge is 2.28. The van der Waals surface area contributed by atoms with Gasteiger partial charge >= 0.3 is 11.9 Å². The molecular formula is C28H25NO4. The third kappa shape index (κ3) is 5.31. The van der Waals surface area contributed by atoms with E-state index in [1.807, 2.05) is 19.2 Å². The number of fused-ring (bicyclic) bond motifs is 1. The van der Waals surface area contributed by atoms with E-state index in [2.05, 4.69) is 10.8 Å². The predicted octanol–water partition coefficient (Wildman–Crippen LogP) is 4.55. The molecule has 0 aliphatic heterocycles. The molecule has 3 aromatic rings. The van der Waals surface area contributed by atoms with Gasteiger partial charge in [0.05, 0.1) is 17.7 Å². The fourth-order valence-corrected chi connectivity index (χ4v) is 4.08. The van der Waals surface area contributed by atoms with Crippen LogP contribution in [0, 0.1) is 12.3 Å². The van der Waals surface area contributed by atoms with Crippen molar-refractivity contribution in [2.75, 3.05) is 13.6 Å². The summed E-state index contributed by atoms with van der Waals surface area (Å²) in [6.45, 7) is 0.560. The molecule has 0 saturated heterocycles. The molecule has 1 unspecified atom stereocenters. The zero-order valence-electron chi connectivity index (χ0n) is 18.5. The summed E-state index contributed by atoms with van der Waals surface area (Å²) in [5.41, 5.74) is 2.45. The lowest BCUT2D eigenvalue weighted by molar-refractivity contribution is 0.0691. The van der Waals surface area contributed by atoms with E-state index in [4.69, 9.17) is 15.9 Å². The SMILES string of the molecule is C#CCN(C)C1CCc2cc(C(=O)Oc3ccccc3)c(C(=O)Oc3ccccc3)cc2C1. The third-order valence-electron chi connectivity index (χ3n) is 5.85. The van der Waals surface area contributed by atoms with Gasteiger partial charge in [0.15, 0.2) is 0 Å². The number of terminal acetylenes is 1. The standard InChI is InChI=1S/C28H25NO4/c1-3-16-29(2)22-15-14-20-18-25(27(30)32-23-10-6-4-7-11-23)26(19-21(20)17-22)28(31)33-24-12-8-5-9-13-24/h1,4-13,18-19,22H,14-17H2,2H3. The summed E-state index contributed by atoms with van der Waals surface area (Å²) < 4.78 is 11.1. The summed E-state index contributed by atoms with van der Waals surface area (Å²) in [4.78, 5) is 28.3. The van der Waals surface area contributed by atoms with E-state index in [0.717, 1.165) is 30.4 Å². The molecule has 0 saturated carbocycles. The molecule has 1 aliphatic rings. The molecular weight excluding hydrogens is 414 g/mol. The normalized spacial score (nSPS) is 14.8. The molecule has 0 fully saturated rings. The minimum Gasteiger partial charge on any atom is -0.423 e. The number of nitrogens with zero attached hydrogens (tertiary/aromatic N) is 1. The number of carbonyl (C=O) groups is 2. The van der Waals surface area contributed by atoms with Crippen molar-refractivity contribution in [3.8, 4) is 23.8 Å². The topological polar surface area (TPSA) is 55.8 Å². The molecule has 0 amide bonds. The Morgan fingerprint density at radius 1 is 0.909 bits per heavy atom. The second-order valence-electron chi connectivity index (χ2n) is 8.09. The third-order valence-corrected chi connectivity index (χ3v) is 5.85. The molecule has 33 heavy (non-hydrogen) atoms. The highest BCUT2D eigenvalue weighted by Crippen LogP contribution is 2.29. The maximum absolute atomic E-state index is 13.1. The first-order valence-corrected chi connectivity index (χ1v) is 10.9. The Hall–Kier alpha value is -3.88. The van der Waals surface area contributed by atoms with E-state index in [1.165, 1.54) is 0 Å². The van der Waals surface area contributed by atoms with E-state index in [9.17, 15) is 9.59 Å². The lowest BCUT2D eigenvalue weighted by atomic mass is 9.85. The summed E-state index contributed by atoms with van der Waals surface area (Å²) in [6, 6.07) is 21.4. The molecule has 1 aliphatic carbocycles. The largest absolute Gasteiger partial charge is 0.423 e. The first-order valence-electron chi connectivity index (χ1n) is 10.9. The molecule has 3 aromatic carbocycles. The minimum absolute atomic E-state index is 0.193. The van der Waals surface area contributed by atoms with Crippen molar-refractivity contribution in [2.45, 2.75) is 25.3 Å². The molecule has 0 radical (unpaired) electrons. The summed E-state index contributed by atoms with van der Waals surface area (Å²) in [5.74, 6) is 2.33. The maximum Gasteiger partial charge on any atom is 0.344 e. The Bertz CT molecular complexity index is 1180. The van der Waals surface area contributed by atoms with Gasteiger partial charge in [-0.05, 0) is 73.8 Å². The molecule has 4 rings (SSSR count). The van der Waals surface area contributed by atoms with Crippen LogP contribution in [-0.2, 0) is 12.8 Å². The summed E-state index contributed by atoms with van der Waals surface area (Å²) in [5, 5.41) is 0. The van der Waals surface area contributed by atoms with Crippen LogP contribution in [0.2, 0.25) is 0 Å². The second kappa shape index (κ2) is 10.2. The van der Waals surface area contributed by atoms with Gasteiger partial charge in [0, 0.05) is 6.04 Å². The Morgan fingerprint density at radius 2 is 1.42 bits per heavy atom. The van der Waals surface area contributed by atoms with Gasteiger partial charge in [-0.1, -0.05) is 42.3 Å². The van der Waals surface area contributed by atoms with Gasteiger partial charge in [0.2, 0.25) is 0 Å². The molecule has 166 valence electrons. The Kier molecular flexibility index (Phi) is 6.87. The van der Waals surface area contributed by atoms with Crippen molar-refractivity contribution in [3.63, 3.8) is 0 Å². The Balaban J connectivity index is 1.68. The van der Waals surface area contributed by atoms with Crippen LogP contribution in [0.1, 0.15) is 38.3 Å². The van der Waals surface area contributed by atoms with Crippen molar-refractivity contribution in [3.05, 3.63) is 95.1 Å². The lowest BCUT2D eigenvalue weighted by Gasteiger charge is -2.31. The van der Waals surface area contributed by atoms with Crippen molar-refractivity contribution in [2.24, 2.45) is 0 Å². The monoisotopic (exact) mass is 439 g/mol. The summed E-state index contributed by atoms with van der Waals surface area (Å²) in [6.07, 6.45) is 7.93. The number of ether oxygens (including phenoxy) is 2. The average Bonchev–Trinajstić information content (AvgIpc) is 2.84. The summed E-state index contributed by atoms with van der Waals surface area (Å²) >= 11 is 0. The first kappa shape index (κ1) is 22.3. The van der Waals surface area contributed by atoms with Crippen LogP contribution >= 0.6 is 0 Å². The molecule has 1 atom stereocenters. The molecule has 5 nitrogen and oxygen atoms in total. The van der Waals surface area contributed by atoms with Crippen molar-refractivity contribution in [1.82, 2.24) is 4.90 Å². The van der Waals surface area contributed by atoms with Crippen LogP contribution in [0.25, 0.3) is 0 Å². The number of hydrogen-bond acceptors (Lipinski definition) is 5. The maximum atomic E-state index is 13.1. The molecule has 0 aromatic heterocycles. The van der Waals surface area contributed by atoms with Crippen LogP contribution in [0.5, 0.6) is 11.5 Å². The van der Waals surface area contributed by atoms with Gasteiger partial charge in [-0.2, -0.15) is 0 Å². The number of aryl methyl sites for hydroxylation is 1. The van der Waals surface area contributed by atoms with Gasteiger partial charge in [-0.3, -0.25) is 4.90 Å². The van der Waals surface area contributed by atoms with E-state index in [-0.39, 0.29) is 17.2 Å². The zero-order chi connectivity index (χ0) is 23.2. The Labute approximate surface area is 193 Å². The highest BCUT2D eigenvalue weighted by molar-refractivity contribution is 6.04. The number of benzene rings is 3. The van der Waals surface area contributed by atoms with Gasteiger partial charge < -0.3 is 9.47 Å². The van der Waals surface area contributed by atoms with Crippen LogP contribution < -0.4 is 9.47 Å². The van der Waals surface area contributed by atoms with Crippen molar-refractivity contribution < 1.29 is 19.1 Å². The zero-order valence-corrected chi connectivity index (χ0v) is 18.5. The van der Waals surface area contributed by atoms with Gasteiger partial charge in [-0.25, -0.2) is 9.59 Å². The van der Waals surface area contributed by atoms with Crippen LogP contribution in [0.3, 0.4) is 0 Å². The van der Waals surface area contributed by atoms with Gasteiger partial charge in [0.25, 0.3) is 0 Å². The first-order chi connectivity index (χ1) is 16.0. The summed E-state index contributed by atoms with van der Waals surface area (Å²) in [7, 11) is 2.01. The average molecular weight is 440 g/mol. The van der Waals surface area contributed by atoms with E-state index < -0.39 is 11.9 Å². The Morgan fingerprint density at radius 3 is 1.94 bits per heavy atom. The van der Waals surface area contributed by atoms with Gasteiger partial charge in [-0.15, -0.1) is 6.42 Å². The fourth-order valence-electron chi connectivity index (χ4n) is 4.08. The number of rotatable bonds is 6. The van der Waals surface area contributed by atoms with Crippen molar-refractivity contribution >= 4 is 11.9 Å². The van der Waals surface area contributed by atoms with Crippen LogP contribution in [-0.4, -0.2) is 36.5 Å². The molecule has 0 heterocycles. The molecule has 5 heteroatoms. The predicted molar refractivity (Wildman–Crippen MR) is 127 cm³/mol. The van der Waals surface area contributed by atoms with Crippen LogP contribution in [0.15, 0.2) is 72.8 Å². The number of para-hydroxylation sites is 2. The quantitative estimate of drug-likeness (QED) is 0.321. The fraction of sp³-hybridized carbons (Fsp3) is 0.214. The van der Waals surface area contributed by atoms with E-state index in [1.54, 1.807) is 60.7 Å². The van der Waals surface area contributed by atoms with Crippen LogP contribution in [0.4, 0.5) is 0 Å². The number of carbonyl (C=O) groups excluding carboxylic acids is 2.